The smallest absolute Gasteiger partial charge is 0.251 e. The van der Waals surface area contributed by atoms with Crippen LogP contribution in [-0.4, -0.2) is 43.7 Å². The van der Waals surface area contributed by atoms with Crippen LogP contribution in [0.15, 0.2) is 48.5 Å². The quantitative estimate of drug-likeness (QED) is 0.890. The van der Waals surface area contributed by atoms with E-state index in [4.69, 9.17) is 16.3 Å². The Kier molecular flexibility index (Phi) is 6.08. The van der Waals surface area contributed by atoms with Crippen LogP contribution in [-0.2, 0) is 4.74 Å². The Morgan fingerprint density at radius 3 is 2.60 bits per heavy atom. The van der Waals surface area contributed by atoms with E-state index in [1.54, 1.807) is 24.3 Å². The standard InChI is InChI=1S/C20H23ClN2O2/c1-15-5-7-16(8-6-15)19(14-23-9-11-25-12-10-23)22-20(24)17-3-2-4-18(21)13-17/h2-8,13,19H,9-12,14H2,1H3,(H,22,24)/t19-/m1/s1. The molecule has 1 amide bonds. The molecule has 1 fully saturated rings. The highest BCUT2D eigenvalue weighted by molar-refractivity contribution is 6.30. The third-order valence-electron chi connectivity index (χ3n) is 4.42. The summed E-state index contributed by atoms with van der Waals surface area (Å²) >= 11 is 6.01. The number of nitrogens with one attached hydrogen (secondary N) is 1. The molecule has 0 aromatic heterocycles. The summed E-state index contributed by atoms with van der Waals surface area (Å²) in [4.78, 5) is 15.0. The Balaban J connectivity index is 1.77. The normalized spacial score (nSPS) is 16.4. The van der Waals surface area contributed by atoms with Crippen molar-refractivity contribution in [1.82, 2.24) is 10.2 Å². The number of rotatable bonds is 5. The summed E-state index contributed by atoms with van der Waals surface area (Å²) in [5.41, 5.74) is 2.88. The number of morpholine rings is 1. The number of hydrogen-bond donors (Lipinski definition) is 1. The van der Waals surface area contributed by atoms with Crippen molar-refractivity contribution in [1.29, 1.82) is 0 Å². The van der Waals surface area contributed by atoms with Gasteiger partial charge in [0.1, 0.15) is 0 Å². The van der Waals surface area contributed by atoms with Gasteiger partial charge >= 0.3 is 0 Å². The average Bonchev–Trinajstić information content (AvgIpc) is 2.62. The first-order valence-electron chi connectivity index (χ1n) is 8.55. The molecule has 1 aliphatic rings. The Hall–Kier alpha value is -1.88. The number of aryl methyl sites for hydroxylation is 1. The largest absolute Gasteiger partial charge is 0.379 e. The fraction of sp³-hybridized carbons (Fsp3) is 0.350. The predicted molar refractivity (Wildman–Crippen MR) is 100 cm³/mol. The van der Waals surface area contributed by atoms with E-state index in [-0.39, 0.29) is 11.9 Å². The van der Waals surface area contributed by atoms with Gasteiger partial charge in [-0.15, -0.1) is 0 Å². The van der Waals surface area contributed by atoms with E-state index in [0.29, 0.717) is 10.6 Å². The topological polar surface area (TPSA) is 41.6 Å². The SMILES string of the molecule is Cc1ccc([C@@H](CN2CCOCC2)NC(=O)c2cccc(Cl)c2)cc1. The van der Waals surface area contributed by atoms with Gasteiger partial charge in [0, 0.05) is 30.2 Å². The highest BCUT2D eigenvalue weighted by atomic mass is 35.5. The lowest BCUT2D eigenvalue weighted by Gasteiger charge is -2.31. The second-order valence-electron chi connectivity index (χ2n) is 6.36. The predicted octanol–water partition coefficient (Wildman–Crippen LogP) is 3.45. The number of carbonyl (C=O) groups is 1. The maximum atomic E-state index is 12.7. The minimum atomic E-state index is -0.110. The Morgan fingerprint density at radius 1 is 1.20 bits per heavy atom. The van der Waals surface area contributed by atoms with Crippen LogP contribution < -0.4 is 5.32 Å². The zero-order valence-electron chi connectivity index (χ0n) is 14.4. The third-order valence-corrected chi connectivity index (χ3v) is 4.65. The molecule has 1 aliphatic heterocycles. The molecule has 132 valence electrons. The lowest BCUT2D eigenvalue weighted by atomic mass is 10.0. The van der Waals surface area contributed by atoms with E-state index in [1.165, 1.54) is 5.56 Å². The molecule has 2 aromatic carbocycles. The van der Waals surface area contributed by atoms with E-state index in [9.17, 15) is 4.79 Å². The van der Waals surface area contributed by atoms with Crippen molar-refractivity contribution >= 4 is 17.5 Å². The van der Waals surface area contributed by atoms with E-state index in [2.05, 4.69) is 41.4 Å². The summed E-state index contributed by atoms with van der Waals surface area (Å²) in [5.74, 6) is -0.110. The summed E-state index contributed by atoms with van der Waals surface area (Å²) in [6.45, 7) is 6.07. The van der Waals surface area contributed by atoms with Gasteiger partial charge in [-0.25, -0.2) is 0 Å². The van der Waals surface area contributed by atoms with E-state index < -0.39 is 0 Å². The number of ether oxygens (including phenoxy) is 1. The molecule has 0 aliphatic carbocycles. The van der Waals surface area contributed by atoms with Crippen LogP contribution in [0.25, 0.3) is 0 Å². The van der Waals surface area contributed by atoms with Crippen LogP contribution in [0.5, 0.6) is 0 Å². The molecule has 0 saturated carbocycles. The highest BCUT2D eigenvalue weighted by Gasteiger charge is 2.20. The molecule has 3 rings (SSSR count). The third kappa shape index (κ3) is 5.05. The summed E-state index contributed by atoms with van der Waals surface area (Å²) in [6.07, 6.45) is 0. The van der Waals surface area contributed by atoms with Gasteiger partial charge < -0.3 is 10.1 Å². The summed E-state index contributed by atoms with van der Waals surface area (Å²) < 4.78 is 5.42. The summed E-state index contributed by atoms with van der Waals surface area (Å²) in [5, 5.41) is 3.73. The maximum Gasteiger partial charge on any atom is 0.251 e. The van der Waals surface area contributed by atoms with Gasteiger partial charge in [-0.1, -0.05) is 47.5 Å². The number of carbonyl (C=O) groups excluding carboxylic acids is 1. The molecular formula is C20H23ClN2O2. The van der Waals surface area contributed by atoms with Crippen LogP contribution in [0, 0.1) is 6.92 Å². The number of amides is 1. The van der Waals surface area contributed by atoms with Gasteiger partial charge in [-0.2, -0.15) is 0 Å². The van der Waals surface area contributed by atoms with E-state index >= 15 is 0 Å². The second-order valence-corrected chi connectivity index (χ2v) is 6.80. The monoisotopic (exact) mass is 358 g/mol. The van der Waals surface area contributed by atoms with Crippen LogP contribution >= 0.6 is 11.6 Å². The summed E-state index contributed by atoms with van der Waals surface area (Å²) in [6, 6.07) is 15.3. The molecule has 0 radical (unpaired) electrons. The lowest BCUT2D eigenvalue weighted by molar-refractivity contribution is 0.0332. The summed E-state index contributed by atoms with van der Waals surface area (Å²) in [7, 11) is 0. The molecular weight excluding hydrogens is 336 g/mol. The van der Waals surface area contributed by atoms with Crippen molar-refractivity contribution in [2.45, 2.75) is 13.0 Å². The Bertz CT molecular complexity index is 712. The van der Waals surface area contributed by atoms with Crippen molar-refractivity contribution in [2.75, 3.05) is 32.8 Å². The molecule has 1 saturated heterocycles. The molecule has 1 N–H and O–H groups in total. The van der Waals surface area contributed by atoms with Crippen molar-refractivity contribution in [2.24, 2.45) is 0 Å². The van der Waals surface area contributed by atoms with Gasteiger partial charge in [-0.3, -0.25) is 9.69 Å². The Labute approximate surface area is 153 Å². The van der Waals surface area contributed by atoms with Gasteiger partial charge in [0.2, 0.25) is 0 Å². The number of benzene rings is 2. The molecule has 5 heteroatoms. The van der Waals surface area contributed by atoms with Crippen molar-refractivity contribution < 1.29 is 9.53 Å². The number of hydrogen-bond acceptors (Lipinski definition) is 3. The second kappa shape index (κ2) is 8.48. The first-order valence-corrected chi connectivity index (χ1v) is 8.93. The molecule has 0 unspecified atom stereocenters. The zero-order chi connectivity index (χ0) is 17.6. The number of halogens is 1. The van der Waals surface area contributed by atoms with Crippen molar-refractivity contribution in [3.8, 4) is 0 Å². The first-order chi connectivity index (χ1) is 12.1. The van der Waals surface area contributed by atoms with Crippen LogP contribution in [0.3, 0.4) is 0 Å². The average molecular weight is 359 g/mol. The van der Waals surface area contributed by atoms with Crippen molar-refractivity contribution in [3.05, 3.63) is 70.2 Å². The van der Waals surface area contributed by atoms with Gasteiger partial charge in [-0.05, 0) is 30.7 Å². The fourth-order valence-corrected chi connectivity index (χ4v) is 3.14. The molecule has 0 bridgehead atoms. The molecule has 1 atom stereocenters. The Morgan fingerprint density at radius 2 is 1.92 bits per heavy atom. The molecule has 4 nitrogen and oxygen atoms in total. The molecule has 25 heavy (non-hydrogen) atoms. The van der Waals surface area contributed by atoms with E-state index in [0.717, 1.165) is 38.4 Å². The molecule has 1 heterocycles. The first kappa shape index (κ1) is 17.9. The van der Waals surface area contributed by atoms with Gasteiger partial charge in [0.05, 0.1) is 19.3 Å². The minimum absolute atomic E-state index is 0.0785. The molecule has 2 aromatic rings. The lowest BCUT2D eigenvalue weighted by Crippen LogP contribution is -2.43. The van der Waals surface area contributed by atoms with E-state index in [1.807, 2.05) is 0 Å². The molecule has 0 spiro atoms. The fourth-order valence-electron chi connectivity index (χ4n) is 2.95. The van der Waals surface area contributed by atoms with Crippen molar-refractivity contribution in [3.63, 3.8) is 0 Å². The van der Waals surface area contributed by atoms with Gasteiger partial charge in [0.15, 0.2) is 0 Å². The maximum absolute atomic E-state index is 12.7. The van der Waals surface area contributed by atoms with Crippen LogP contribution in [0.1, 0.15) is 27.5 Å². The zero-order valence-corrected chi connectivity index (χ0v) is 15.1. The van der Waals surface area contributed by atoms with Crippen LogP contribution in [0.2, 0.25) is 5.02 Å². The highest BCUT2D eigenvalue weighted by Crippen LogP contribution is 2.18. The minimum Gasteiger partial charge on any atom is -0.379 e. The number of nitrogens with zero attached hydrogens (tertiary/aromatic N) is 1. The van der Waals surface area contributed by atoms with Gasteiger partial charge in [0.25, 0.3) is 5.91 Å². The van der Waals surface area contributed by atoms with Crippen LogP contribution in [0.4, 0.5) is 0 Å².